The number of carbonyl (C=O) groups excluding carboxylic acids is 2. The van der Waals surface area contributed by atoms with E-state index in [2.05, 4.69) is 20.7 Å². The number of aromatic nitrogens is 4. The van der Waals surface area contributed by atoms with E-state index in [-0.39, 0.29) is 24.3 Å². The average Bonchev–Trinajstić information content (AvgIpc) is 3.79. The zero-order valence-electron chi connectivity index (χ0n) is 20.8. The number of H-pyrrole nitrogens is 1. The van der Waals surface area contributed by atoms with Crippen LogP contribution in [0.5, 0.6) is 0 Å². The molecule has 3 fully saturated rings. The van der Waals surface area contributed by atoms with Crippen LogP contribution >= 0.6 is 0 Å². The molecule has 0 unspecified atom stereocenters. The fourth-order valence-corrected chi connectivity index (χ4v) is 5.92. The van der Waals surface area contributed by atoms with Crippen LogP contribution < -0.4 is 10.6 Å². The van der Waals surface area contributed by atoms with Crippen LogP contribution in [0.1, 0.15) is 66.9 Å². The lowest BCUT2D eigenvalue weighted by molar-refractivity contribution is -0.136. The first-order chi connectivity index (χ1) is 17.8. The van der Waals surface area contributed by atoms with Gasteiger partial charge in [0, 0.05) is 25.1 Å². The highest BCUT2D eigenvalue weighted by atomic mass is 19.3. The van der Waals surface area contributed by atoms with Gasteiger partial charge in [0.25, 0.3) is 11.8 Å². The highest BCUT2D eigenvalue weighted by Gasteiger charge is 2.47. The highest BCUT2D eigenvalue weighted by molar-refractivity contribution is 5.92. The Morgan fingerprint density at radius 2 is 1.97 bits per heavy atom. The maximum absolute atomic E-state index is 13.9. The van der Waals surface area contributed by atoms with Crippen LogP contribution in [0, 0.1) is 23.7 Å². The van der Waals surface area contributed by atoms with Crippen molar-refractivity contribution in [2.45, 2.75) is 64.0 Å². The summed E-state index contributed by atoms with van der Waals surface area (Å²) in [7, 11) is 0. The molecule has 3 N–H and O–H groups in total. The molecule has 2 saturated carbocycles. The molecular formula is C27H32F2N6O2. The quantitative estimate of drug-likeness (QED) is 0.405. The molecule has 3 heterocycles. The number of halogens is 2. The Morgan fingerprint density at radius 3 is 2.68 bits per heavy atom. The van der Waals surface area contributed by atoms with Crippen molar-refractivity contribution in [1.82, 2.24) is 30.4 Å². The van der Waals surface area contributed by atoms with Crippen molar-refractivity contribution in [1.29, 1.82) is 0 Å². The summed E-state index contributed by atoms with van der Waals surface area (Å²) >= 11 is 0. The molecule has 3 aromatic rings. The third-order valence-electron chi connectivity index (χ3n) is 8.03. The topological polar surface area (TPSA) is 105 Å². The summed E-state index contributed by atoms with van der Waals surface area (Å²) in [4.78, 5) is 33.8. The molecule has 1 saturated heterocycles. The summed E-state index contributed by atoms with van der Waals surface area (Å²) in [5.74, 6) is -1.98. The number of fused-ring (bicyclic) bond motifs is 1. The second kappa shape index (κ2) is 9.22. The van der Waals surface area contributed by atoms with Gasteiger partial charge in [0.05, 0.1) is 23.6 Å². The number of rotatable bonds is 9. The van der Waals surface area contributed by atoms with Crippen LogP contribution in [-0.4, -0.2) is 44.0 Å². The fraction of sp³-hybridized carbons (Fsp3) is 0.556. The molecule has 0 radical (unpaired) electrons. The SMILES string of the molecule is CCn1nccc1C(=O)N[C@H](c1nc2ccc(C[C@H]3CC(F)(F)CNC3=O)cc2[nH]1)C(C1CC1)C1CC1. The maximum Gasteiger partial charge on any atom is 0.270 e. The Labute approximate surface area is 213 Å². The van der Waals surface area contributed by atoms with Crippen molar-refractivity contribution in [2.24, 2.45) is 23.7 Å². The van der Waals surface area contributed by atoms with E-state index in [1.807, 2.05) is 25.1 Å². The van der Waals surface area contributed by atoms with E-state index in [4.69, 9.17) is 4.98 Å². The van der Waals surface area contributed by atoms with Gasteiger partial charge in [0.2, 0.25) is 5.91 Å². The summed E-state index contributed by atoms with van der Waals surface area (Å²) in [6, 6.07) is 7.07. The molecule has 1 aromatic carbocycles. The van der Waals surface area contributed by atoms with Gasteiger partial charge >= 0.3 is 0 Å². The van der Waals surface area contributed by atoms with E-state index in [1.165, 1.54) is 25.7 Å². The monoisotopic (exact) mass is 510 g/mol. The second-order valence-electron chi connectivity index (χ2n) is 10.9. The number of carbonyl (C=O) groups is 2. The molecule has 10 heteroatoms. The van der Waals surface area contributed by atoms with Gasteiger partial charge in [0.1, 0.15) is 11.5 Å². The molecule has 2 aliphatic carbocycles. The van der Waals surface area contributed by atoms with Crippen molar-refractivity contribution in [3.63, 3.8) is 0 Å². The molecule has 196 valence electrons. The molecule has 3 aliphatic rings. The Bertz CT molecular complexity index is 1310. The van der Waals surface area contributed by atoms with Crippen molar-refractivity contribution in [3.8, 4) is 0 Å². The number of amides is 2. The first-order valence-electron chi connectivity index (χ1n) is 13.3. The van der Waals surface area contributed by atoms with E-state index >= 15 is 0 Å². The second-order valence-corrected chi connectivity index (χ2v) is 10.9. The number of benzene rings is 1. The summed E-state index contributed by atoms with van der Waals surface area (Å²) in [5.41, 5.74) is 2.85. The van der Waals surface area contributed by atoms with Gasteiger partial charge in [-0.15, -0.1) is 0 Å². The van der Waals surface area contributed by atoms with Crippen LogP contribution in [0.3, 0.4) is 0 Å². The molecule has 37 heavy (non-hydrogen) atoms. The minimum Gasteiger partial charge on any atom is -0.350 e. The number of aryl methyl sites for hydroxylation is 1. The van der Waals surface area contributed by atoms with Crippen LogP contribution in [0.2, 0.25) is 0 Å². The number of aromatic amines is 1. The van der Waals surface area contributed by atoms with Gasteiger partial charge in [-0.25, -0.2) is 13.8 Å². The molecule has 6 rings (SSSR count). The molecule has 0 bridgehead atoms. The van der Waals surface area contributed by atoms with E-state index in [9.17, 15) is 18.4 Å². The summed E-state index contributed by atoms with van der Waals surface area (Å²) in [5, 5.41) is 9.85. The summed E-state index contributed by atoms with van der Waals surface area (Å²) < 4.78 is 29.4. The number of piperidine rings is 1. The number of hydrogen-bond donors (Lipinski definition) is 3. The average molecular weight is 511 g/mol. The molecule has 2 aromatic heterocycles. The zero-order valence-corrected chi connectivity index (χ0v) is 20.8. The molecule has 8 nitrogen and oxygen atoms in total. The first kappa shape index (κ1) is 24.1. The van der Waals surface area contributed by atoms with Gasteiger partial charge in [-0.3, -0.25) is 14.3 Å². The van der Waals surface area contributed by atoms with Gasteiger partial charge in [-0.05, 0) is 80.5 Å². The zero-order chi connectivity index (χ0) is 25.7. The van der Waals surface area contributed by atoms with E-state index < -0.39 is 24.8 Å². The molecular weight excluding hydrogens is 478 g/mol. The number of imidazole rings is 1. The van der Waals surface area contributed by atoms with E-state index in [0.29, 0.717) is 35.8 Å². The predicted octanol–water partition coefficient (Wildman–Crippen LogP) is 4.00. The van der Waals surface area contributed by atoms with Gasteiger partial charge in [-0.2, -0.15) is 5.10 Å². The third kappa shape index (κ3) is 4.98. The van der Waals surface area contributed by atoms with Crippen molar-refractivity contribution >= 4 is 22.8 Å². The molecule has 2 amide bonds. The van der Waals surface area contributed by atoms with Crippen LogP contribution in [0.4, 0.5) is 8.78 Å². The largest absolute Gasteiger partial charge is 0.350 e. The van der Waals surface area contributed by atoms with Crippen molar-refractivity contribution in [3.05, 3.63) is 47.5 Å². The Kier molecular flexibility index (Phi) is 6.00. The van der Waals surface area contributed by atoms with Crippen LogP contribution in [0.15, 0.2) is 30.5 Å². The van der Waals surface area contributed by atoms with Crippen LogP contribution in [-0.2, 0) is 17.8 Å². The molecule has 2 atom stereocenters. The lowest BCUT2D eigenvalue weighted by Crippen LogP contribution is -2.48. The number of nitrogens with one attached hydrogen (secondary N) is 3. The highest BCUT2D eigenvalue weighted by Crippen LogP contribution is 2.54. The van der Waals surface area contributed by atoms with Crippen molar-refractivity contribution in [2.75, 3.05) is 6.54 Å². The maximum atomic E-state index is 13.9. The Morgan fingerprint density at radius 1 is 1.22 bits per heavy atom. The molecule has 1 aliphatic heterocycles. The standard InChI is InChI=1S/C27H32F2N6O2/c1-2-35-21(9-10-31-35)26(37)34-23(22(16-4-5-16)17-6-7-17)24-32-19-8-3-15(12-20(19)33-24)11-18-13-27(28,29)14-30-25(18)36/h3,8-10,12,16-18,22-23H,2,4-7,11,13-14H2,1H3,(H,30,36)(H,32,33)(H,34,37)/t18-,23-/m0/s1. The van der Waals surface area contributed by atoms with Gasteiger partial charge in [-0.1, -0.05) is 6.07 Å². The number of nitrogens with zero attached hydrogens (tertiary/aromatic N) is 3. The fourth-order valence-electron chi connectivity index (χ4n) is 5.92. The summed E-state index contributed by atoms with van der Waals surface area (Å²) in [6.07, 6.45) is 6.09. The third-order valence-corrected chi connectivity index (χ3v) is 8.03. The van der Waals surface area contributed by atoms with Gasteiger partial charge < -0.3 is 15.6 Å². The first-order valence-corrected chi connectivity index (χ1v) is 13.3. The minimum absolute atomic E-state index is 0.166. The Hall–Kier alpha value is -3.30. The van der Waals surface area contributed by atoms with Crippen molar-refractivity contribution < 1.29 is 18.4 Å². The number of alkyl halides is 2. The summed E-state index contributed by atoms with van der Waals surface area (Å²) in [6.45, 7) is 1.96. The van der Waals surface area contributed by atoms with Crippen LogP contribution in [0.25, 0.3) is 11.0 Å². The van der Waals surface area contributed by atoms with E-state index in [1.54, 1.807) is 16.9 Å². The lowest BCUT2D eigenvalue weighted by Gasteiger charge is -2.28. The smallest absolute Gasteiger partial charge is 0.270 e. The minimum atomic E-state index is -2.89. The Balaban J connectivity index is 1.28. The van der Waals surface area contributed by atoms with Gasteiger partial charge in [0.15, 0.2) is 0 Å². The normalized spacial score (nSPS) is 22.3. The number of hydrogen-bond acceptors (Lipinski definition) is 4. The molecule has 0 spiro atoms. The lowest BCUT2D eigenvalue weighted by atomic mass is 9.88. The predicted molar refractivity (Wildman–Crippen MR) is 133 cm³/mol. The van der Waals surface area contributed by atoms with E-state index in [0.717, 1.165) is 16.6 Å².